The predicted octanol–water partition coefficient (Wildman–Crippen LogP) is 3.24. The van der Waals surface area contributed by atoms with Crippen LogP contribution in [0.15, 0.2) is 18.5 Å². The summed E-state index contributed by atoms with van der Waals surface area (Å²) < 4.78 is 0. The molecule has 0 aliphatic carbocycles. The second kappa shape index (κ2) is 7.94. The van der Waals surface area contributed by atoms with E-state index in [-0.39, 0.29) is 0 Å². The first kappa shape index (κ1) is 17.8. The second-order valence-corrected chi connectivity index (χ2v) is 8.37. The Morgan fingerprint density at radius 2 is 1.96 bits per heavy atom. The lowest BCUT2D eigenvalue weighted by atomic mass is 10.0. The van der Waals surface area contributed by atoms with Crippen molar-refractivity contribution in [1.29, 1.82) is 5.26 Å². The van der Waals surface area contributed by atoms with Crippen molar-refractivity contribution in [3.63, 3.8) is 0 Å². The highest BCUT2D eigenvalue weighted by atomic mass is 32.1. The summed E-state index contributed by atoms with van der Waals surface area (Å²) in [5.41, 5.74) is 2.74. The molecule has 3 rings (SSSR count). The van der Waals surface area contributed by atoms with Gasteiger partial charge in [0.25, 0.3) is 0 Å². The second-order valence-electron chi connectivity index (χ2n) is 7.05. The maximum atomic E-state index is 9.41. The van der Waals surface area contributed by atoms with E-state index in [1.165, 1.54) is 15.4 Å². The molecule has 0 amide bonds. The number of rotatable bonds is 5. The smallest absolute Gasteiger partial charge is 0.163 e. The number of piperazine rings is 1. The number of hydrogen-bond donors (Lipinski definition) is 0. The van der Waals surface area contributed by atoms with E-state index in [4.69, 9.17) is 0 Å². The van der Waals surface area contributed by atoms with Gasteiger partial charge in [0, 0.05) is 43.4 Å². The summed E-state index contributed by atoms with van der Waals surface area (Å²) in [6.07, 6.45) is 4.79. The molecule has 0 saturated carbocycles. The normalized spacial score (nSPS) is 15.6. The van der Waals surface area contributed by atoms with Crippen molar-refractivity contribution in [2.75, 3.05) is 31.1 Å². The number of anilines is 1. The van der Waals surface area contributed by atoms with Gasteiger partial charge in [-0.25, -0.2) is 9.97 Å². The molecule has 0 radical (unpaired) electrons. The SMILES string of the molecule is Cc1cnc(CN2CCN(c3cc(CC(C)C)cnc3C#N)CC2)s1. The van der Waals surface area contributed by atoms with Gasteiger partial charge in [-0.05, 0) is 30.9 Å². The van der Waals surface area contributed by atoms with E-state index in [1.54, 1.807) is 11.3 Å². The third-order valence-corrected chi connectivity index (χ3v) is 5.31. The number of hydrogen-bond acceptors (Lipinski definition) is 6. The van der Waals surface area contributed by atoms with Gasteiger partial charge in [0.1, 0.15) is 11.1 Å². The first-order chi connectivity index (χ1) is 12.0. The molecule has 25 heavy (non-hydrogen) atoms. The van der Waals surface area contributed by atoms with Crippen LogP contribution in [0, 0.1) is 24.2 Å². The van der Waals surface area contributed by atoms with Gasteiger partial charge in [0.05, 0.1) is 12.2 Å². The van der Waals surface area contributed by atoms with Crippen LogP contribution in [0.5, 0.6) is 0 Å². The minimum Gasteiger partial charge on any atom is -0.367 e. The highest BCUT2D eigenvalue weighted by Crippen LogP contribution is 2.23. The molecular formula is C19H25N5S. The number of nitrogens with zero attached hydrogens (tertiary/aromatic N) is 5. The van der Waals surface area contributed by atoms with Crippen LogP contribution in [0.4, 0.5) is 5.69 Å². The van der Waals surface area contributed by atoms with E-state index >= 15 is 0 Å². The molecule has 2 aromatic rings. The number of thiazole rings is 1. The van der Waals surface area contributed by atoms with E-state index < -0.39 is 0 Å². The van der Waals surface area contributed by atoms with Gasteiger partial charge in [-0.2, -0.15) is 5.26 Å². The minimum atomic E-state index is 0.538. The highest BCUT2D eigenvalue weighted by molar-refractivity contribution is 7.11. The van der Waals surface area contributed by atoms with Crippen molar-refractivity contribution in [2.24, 2.45) is 5.92 Å². The van der Waals surface area contributed by atoms with Crippen molar-refractivity contribution < 1.29 is 0 Å². The van der Waals surface area contributed by atoms with Gasteiger partial charge in [-0.15, -0.1) is 11.3 Å². The zero-order valence-electron chi connectivity index (χ0n) is 15.2. The minimum absolute atomic E-state index is 0.538. The quantitative estimate of drug-likeness (QED) is 0.824. The molecule has 3 heterocycles. The average Bonchev–Trinajstić information content (AvgIpc) is 3.00. The molecular weight excluding hydrogens is 330 g/mol. The monoisotopic (exact) mass is 355 g/mol. The van der Waals surface area contributed by atoms with Crippen molar-refractivity contribution in [3.05, 3.63) is 39.6 Å². The van der Waals surface area contributed by atoms with Crippen molar-refractivity contribution in [2.45, 2.75) is 33.7 Å². The Labute approximate surface area is 153 Å². The molecule has 0 N–H and O–H groups in total. The predicted molar refractivity (Wildman–Crippen MR) is 102 cm³/mol. The van der Waals surface area contributed by atoms with Gasteiger partial charge >= 0.3 is 0 Å². The Bertz CT molecular complexity index is 753. The van der Waals surface area contributed by atoms with Gasteiger partial charge in [-0.1, -0.05) is 13.8 Å². The standard InChI is InChI=1S/C19H25N5S/c1-14(2)8-16-9-18(17(10-20)21-12-16)24-6-4-23(5-7-24)13-19-22-11-15(3)25-19/h9,11-12,14H,4-8,13H2,1-3H3. The van der Waals surface area contributed by atoms with Crippen molar-refractivity contribution in [3.8, 4) is 6.07 Å². The van der Waals surface area contributed by atoms with Crippen LogP contribution in [-0.2, 0) is 13.0 Å². The molecule has 0 atom stereocenters. The third kappa shape index (κ3) is 4.56. The molecule has 1 aliphatic heterocycles. The molecule has 0 unspecified atom stereocenters. The van der Waals surface area contributed by atoms with E-state index in [0.717, 1.165) is 44.8 Å². The van der Waals surface area contributed by atoms with Crippen LogP contribution < -0.4 is 4.90 Å². The lowest BCUT2D eigenvalue weighted by Crippen LogP contribution is -2.46. The molecule has 1 fully saturated rings. The summed E-state index contributed by atoms with van der Waals surface area (Å²) in [7, 11) is 0. The first-order valence-corrected chi connectivity index (χ1v) is 9.64. The maximum absolute atomic E-state index is 9.41. The molecule has 0 spiro atoms. The Hall–Kier alpha value is -1.97. The number of pyridine rings is 1. The fraction of sp³-hybridized carbons (Fsp3) is 0.526. The van der Waals surface area contributed by atoms with E-state index in [0.29, 0.717) is 11.6 Å². The Kier molecular flexibility index (Phi) is 5.67. The molecule has 1 saturated heterocycles. The summed E-state index contributed by atoms with van der Waals surface area (Å²) in [4.78, 5) is 14.9. The fourth-order valence-electron chi connectivity index (χ4n) is 3.22. The lowest BCUT2D eigenvalue weighted by Gasteiger charge is -2.36. The van der Waals surface area contributed by atoms with Gasteiger partial charge in [-0.3, -0.25) is 4.90 Å². The largest absolute Gasteiger partial charge is 0.367 e. The lowest BCUT2D eigenvalue weighted by molar-refractivity contribution is 0.249. The van der Waals surface area contributed by atoms with Crippen molar-refractivity contribution in [1.82, 2.24) is 14.9 Å². The van der Waals surface area contributed by atoms with Crippen LogP contribution in [-0.4, -0.2) is 41.0 Å². The number of aryl methyl sites for hydroxylation is 1. The Morgan fingerprint density at radius 1 is 1.20 bits per heavy atom. The highest BCUT2D eigenvalue weighted by Gasteiger charge is 2.21. The van der Waals surface area contributed by atoms with E-state index in [2.05, 4.69) is 52.7 Å². The molecule has 0 aromatic carbocycles. The summed E-state index contributed by atoms with van der Waals surface area (Å²) in [6.45, 7) is 11.2. The van der Waals surface area contributed by atoms with Crippen molar-refractivity contribution >= 4 is 17.0 Å². The fourth-order valence-corrected chi connectivity index (χ4v) is 4.05. The van der Waals surface area contributed by atoms with Gasteiger partial charge in [0.2, 0.25) is 0 Å². The molecule has 6 heteroatoms. The summed E-state index contributed by atoms with van der Waals surface area (Å²) in [6, 6.07) is 4.41. The molecule has 1 aliphatic rings. The third-order valence-electron chi connectivity index (χ3n) is 4.42. The number of aromatic nitrogens is 2. The zero-order chi connectivity index (χ0) is 17.8. The topological polar surface area (TPSA) is 56.1 Å². The summed E-state index contributed by atoms with van der Waals surface area (Å²) in [5, 5.41) is 10.6. The zero-order valence-corrected chi connectivity index (χ0v) is 16.0. The van der Waals surface area contributed by atoms with Gasteiger partial charge < -0.3 is 4.90 Å². The average molecular weight is 356 g/mol. The van der Waals surface area contributed by atoms with Crippen LogP contribution >= 0.6 is 11.3 Å². The van der Waals surface area contributed by atoms with E-state index in [9.17, 15) is 5.26 Å². The molecule has 132 valence electrons. The summed E-state index contributed by atoms with van der Waals surface area (Å²) >= 11 is 1.77. The molecule has 2 aromatic heterocycles. The summed E-state index contributed by atoms with van der Waals surface area (Å²) in [5.74, 6) is 0.584. The molecule has 5 nitrogen and oxygen atoms in total. The first-order valence-electron chi connectivity index (χ1n) is 8.82. The Morgan fingerprint density at radius 3 is 2.56 bits per heavy atom. The maximum Gasteiger partial charge on any atom is 0.163 e. The van der Waals surface area contributed by atoms with Crippen LogP contribution in [0.2, 0.25) is 0 Å². The van der Waals surface area contributed by atoms with Gasteiger partial charge in [0.15, 0.2) is 5.69 Å². The molecule has 0 bridgehead atoms. The van der Waals surface area contributed by atoms with E-state index in [1.807, 2.05) is 12.4 Å². The van der Waals surface area contributed by atoms with Crippen LogP contribution in [0.25, 0.3) is 0 Å². The van der Waals surface area contributed by atoms with Crippen LogP contribution in [0.1, 0.15) is 35.0 Å². The number of nitriles is 1. The Balaban J connectivity index is 1.66. The van der Waals surface area contributed by atoms with Crippen LogP contribution in [0.3, 0.4) is 0 Å².